The first-order valence-corrected chi connectivity index (χ1v) is 8.75. The van der Waals surface area contributed by atoms with Crippen molar-refractivity contribution in [3.05, 3.63) is 47.2 Å². The fourth-order valence-electron chi connectivity index (χ4n) is 3.72. The zero-order chi connectivity index (χ0) is 17.4. The Morgan fingerprint density at radius 2 is 2.12 bits per heavy atom. The predicted octanol–water partition coefficient (Wildman–Crippen LogP) is 3.12. The molecule has 0 radical (unpaired) electrons. The minimum atomic E-state index is 0.185. The molecule has 1 aromatic carbocycles. The lowest BCUT2D eigenvalue weighted by molar-refractivity contribution is -0.131. The highest BCUT2D eigenvalue weighted by Crippen LogP contribution is 2.28. The number of benzene rings is 1. The van der Waals surface area contributed by atoms with Crippen LogP contribution in [0.3, 0.4) is 0 Å². The topological polar surface area (TPSA) is 75.0 Å². The number of nitrogens with zero attached hydrogens (tertiary/aromatic N) is 3. The van der Waals surface area contributed by atoms with Crippen LogP contribution in [0.15, 0.2) is 28.9 Å². The largest absolute Gasteiger partial charge is 0.361 e. The van der Waals surface area contributed by atoms with Gasteiger partial charge in [0.1, 0.15) is 0 Å². The molecule has 0 bridgehead atoms. The van der Waals surface area contributed by atoms with Gasteiger partial charge in [-0.1, -0.05) is 17.3 Å². The number of H-pyrrole nitrogens is 1. The minimum Gasteiger partial charge on any atom is -0.361 e. The highest BCUT2D eigenvalue weighted by atomic mass is 16.5. The molecular weight excluding hydrogens is 316 g/mol. The molecule has 1 N–H and O–H groups in total. The normalized spacial score (nSPS) is 15.8. The van der Waals surface area contributed by atoms with Crippen molar-refractivity contribution in [2.24, 2.45) is 0 Å². The second-order valence-electron chi connectivity index (χ2n) is 6.82. The molecule has 1 fully saturated rings. The molecule has 2 aromatic heterocycles. The Kier molecular flexibility index (Phi) is 4.03. The van der Waals surface area contributed by atoms with Crippen LogP contribution in [0.25, 0.3) is 10.9 Å². The monoisotopic (exact) mass is 338 g/mol. The van der Waals surface area contributed by atoms with Gasteiger partial charge in [0.15, 0.2) is 5.82 Å². The van der Waals surface area contributed by atoms with Gasteiger partial charge in [-0.05, 0) is 43.9 Å². The lowest BCUT2D eigenvalue weighted by Gasteiger charge is -2.30. The van der Waals surface area contributed by atoms with Crippen LogP contribution in [0, 0.1) is 13.8 Å². The van der Waals surface area contributed by atoms with Gasteiger partial charge in [-0.2, -0.15) is 4.98 Å². The fourth-order valence-corrected chi connectivity index (χ4v) is 3.72. The van der Waals surface area contributed by atoms with Crippen molar-refractivity contribution in [3.8, 4) is 0 Å². The average Bonchev–Trinajstić information content (AvgIpc) is 3.22. The summed E-state index contributed by atoms with van der Waals surface area (Å²) in [6, 6.07) is 6.17. The van der Waals surface area contributed by atoms with E-state index in [1.54, 1.807) is 0 Å². The Bertz CT molecular complexity index is 903. The number of carbonyl (C=O) groups excluding carboxylic acids is 1. The number of nitrogens with one attached hydrogen (secondary N) is 1. The lowest BCUT2D eigenvalue weighted by Crippen LogP contribution is -2.38. The maximum absolute atomic E-state index is 12.7. The van der Waals surface area contributed by atoms with Gasteiger partial charge >= 0.3 is 0 Å². The zero-order valence-corrected chi connectivity index (χ0v) is 14.6. The molecule has 130 valence electrons. The molecule has 0 aliphatic carbocycles. The van der Waals surface area contributed by atoms with E-state index in [0.29, 0.717) is 18.1 Å². The number of rotatable bonds is 3. The van der Waals surface area contributed by atoms with Gasteiger partial charge in [0.05, 0.1) is 6.42 Å². The van der Waals surface area contributed by atoms with Crippen LogP contribution in [0.5, 0.6) is 0 Å². The number of amides is 1. The van der Waals surface area contributed by atoms with Crippen molar-refractivity contribution in [2.45, 2.75) is 39.0 Å². The molecule has 3 heterocycles. The van der Waals surface area contributed by atoms with E-state index in [1.165, 1.54) is 10.9 Å². The summed E-state index contributed by atoms with van der Waals surface area (Å²) in [5, 5.41) is 5.04. The van der Waals surface area contributed by atoms with Gasteiger partial charge in [-0.3, -0.25) is 4.79 Å². The first-order chi connectivity index (χ1) is 12.1. The van der Waals surface area contributed by atoms with Crippen LogP contribution in [-0.4, -0.2) is 39.0 Å². The molecule has 0 spiro atoms. The molecule has 25 heavy (non-hydrogen) atoms. The van der Waals surface area contributed by atoms with Gasteiger partial charge in [-0.15, -0.1) is 0 Å². The minimum absolute atomic E-state index is 0.185. The molecule has 0 unspecified atom stereocenters. The van der Waals surface area contributed by atoms with Gasteiger partial charge in [-0.25, -0.2) is 0 Å². The fraction of sp³-hybridized carbons (Fsp3) is 0.421. The summed E-state index contributed by atoms with van der Waals surface area (Å²) in [6.07, 6.45) is 4.15. The smallest absolute Gasteiger partial charge is 0.229 e. The van der Waals surface area contributed by atoms with Crippen molar-refractivity contribution in [1.29, 1.82) is 0 Å². The van der Waals surface area contributed by atoms with Gasteiger partial charge in [0, 0.05) is 36.1 Å². The second-order valence-corrected chi connectivity index (χ2v) is 6.82. The molecule has 1 aliphatic heterocycles. The first-order valence-electron chi connectivity index (χ1n) is 8.75. The van der Waals surface area contributed by atoms with Crippen LogP contribution in [0.1, 0.15) is 41.6 Å². The molecule has 3 aromatic rings. The predicted molar refractivity (Wildman–Crippen MR) is 94.3 cm³/mol. The van der Waals surface area contributed by atoms with Crippen molar-refractivity contribution < 1.29 is 9.32 Å². The second kappa shape index (κ2) is 6.35. The van der Waals surface area contributed by atoms with E-state index < -0.39 is 0 Å². The van der Waals surface area contributed by atoms with Gasteiger partial charge in [0.25, 0.3) is 0 Å². The molecule has 6 heteroatoms. The number of aromatic nitrogens is 3. The number of piperidine rings is 1. The van der Waals surface area contributed by atoms with Crippen molar-refractivity contribution >= 4 is 16.8 Å². The number of hydrogen-bond donors (Lipinski definition) is 1. The standard InChI is InChI=1S/C19H22N4O2/c1-12-4-3-5-16-18(12)15(11-20-16)10-17(24)23-8-6-14(7-9-23)19-21-13(2)22-25-19/h3-5,11,14,20H,6-10H2,1-2H3. The third kappa shape index (κ3) is 3.04. The summed E-state index contributed by atoms with van der Waals surface area (Å²) >= 11 is 0. The van der Waals surface area contributed by atoms with Gasteiger partial charge < -0.3 is 14.4 Å². The van der Waals surface area contributed by atoms with E-state index in [4.69, 9.17) is 4.52 Å². The Balaban J connectivity index is 1.42. The molecule has 1 aliphatic rings. The van der Waals surface area contributed by atoms with Crippen LogP contribution in [0.2, 0.25) is 0 Å². The number of likely N-dealkylation sites (tertiary alicyclic amines) is 1. The summed E-state index contributed by atoms with van der Waals surface area (Å²) in [7, 11) is 0. The van der Waals surface area contributed by atoms with Crippen molar-refractivity contribution in [1.82, 2.24) is 20.0 Å². The number of aromatic amines is 1. The molecule has 1 saturated heterocycles. The highest BCUT2D eigenvalue weighted by molar-refractivity contribution is 5.91. The maximum atomic E-state index is 12.7. The van der Waals surface area contributed by atoms with E-state index in [9.17, 15) is 4.79 Å². The molecule has 0 saturated carbocycles. The Labute approximate surface area is 146 Å². The SMILES string of the molecule is Cc1noc(C2CCN(C(=O)Cc3c[nH]c4cccc(C)c34)CC2)n1. The first kappa shape index (κ1) is 15.9. The Morgan fingerprint density at radius 1 is 1.32 bits per heavy atom. The summed E-state index contributed by atoms with van der Waals surface area (Å²) in [6.45, 7) is 5.40. The summed E-state index contributed by atoms with van der Waals surface area (Å²) in [4.78, 5) is 22.3. The maximum Gasteiger partial charge on any atom is 0.229 e. The Hall–Kier alpha value is -2.63. The van der Waals surface area contributed by atoms with E-state index in [-0.39, 0.29) is 11.8 Å². The van der Waals surface area contributed by atoms with E-state index in [0.717, 1.165) is 37.0 Å². The van der Waals surface area contributed by atoms with Crippen LogP contribution in [0.4, 0.5) is 0 Å². The number of carbonyl (C=O) groups is 1. The van der Waals surface area contributed by atoms with Crippen LogP contribution < -0.4 is 0 Å². The Morgan fingerprint density at radius 3 is 2.84 bits per heavy atom. The van der Waals surface area contributed by atoms with Gasteiger partial charge in [0.2, 0.25) is 11.8 Å². The molecule has 0 atom stereocenters. The zero-order valence-electron chi connectivity index (χ0n) is 14.6. The van der Waals surface area contributed by atoms with Crippen molar-refractivity contribution in [3.63, 3.8) is 0 Å². The third-order valence-electron chi connectivity index (χ3n) is 5.08. The number of aryl methyl sites for hydroxylation is 2. The highest BCUT2D eigenvalue weighted by Gasteiger charge is 2.27. The molecule has 6 nitrogen and oxygen atoms in total. The lowest BCUT2D eigenvalue weighted by atomic mass is 9.96. The van der Waals surface area contributed by atoms with Crippen LogP contribution in [-0.2, 0) is 11.2 Å². The molecular formula is C19H22N4O2. The van der Waals surface area contributed by atoms with E-state index in [1.807, 2.05) is 30.2 Å². The quantitative estimate of drug-likeness (QED) is 0.796. The summed E-state index contributed by atoms with van der Waals surface area (Å²) in [5.41, 5.74) is 3.37. The van der Waals surface area contributed by atoms with E-state index in [2.05, 4.69) is 28.1 Å². The molecule has 4 rings (SSSR count). The van der Waals surface area contributed by atoms with Crippen molar-refractivity contribution in [2.75, 3.05) is 13.1 Å². The summed E-state index contributed by atoms with van der Waals surface area (Å²) < 4.78 is 5.28. The summed E-state index contributed by atoms with van der Waals surface area (Å²) in [5.74, 6) is 1.82. The number of hydrogen-bond acceptors (Lipinski definition) is 4. The molecule has 1 amide bonds. The third-order valence-corrected chi connectivity index (χ3v) is 5.08. The van der Waals surface area contributed by atoms with E-state index >= 15 is 0 Å². The average molecular weight is 338 g/mol. The number of fused-ring (bicyclic) bond motifs is 1. The van der Waals surface area contributed by atoms with Crippen LogP contribution >= 0.6 is 0 Å².